The number of ether oxygens (including phenoxy) is 2. The molecule has 166 valence electrons. The van der Waals surface area contributed by atoms with Crippen LogP contribution in [0.25, 0.3) is 0 Å². The normalized spacial score (nSPS) is 11.5. The summed E-state index contributed by atoms with van der Waals surface area (Å²) < 4.78 is 22.9. The Labute approximate surface area is 178 Å². The number of nitro groups is 1. The molecule has 31 heavy (non-hydrogen) atoms. The standard InChI is InChI=1S/C21H24FN3O6/c1-14(20(26)24-10-9-15-3-6-17(22)7-4-15)31-21(27)16-5-8-18(23-11-12-30-2)19(13-16)25(28)29/h3-8,13-14,23H,9-12H2,1-2H3,(H,24,26). The highest BCUT2D eigenvalue weighted by atomic mass is 19.1. The van der Waals surface area contributed by atoms with E-state index in [4.69, 9.17) is 9.47 Å². The van der Waals surface area contributed by atoms with E-state index in [1.54, 1.807) is 12.1 Å². The van der Waals surface area contributed by atoms with Gasteiger partial charge < -0.3 is 20.1 Å². The lowest BCUT2D eigenvalue weighted by atomic mass is 10.1. The number of nitrogens with one attached hydrogen (secondary N) is 2. The van der Waals surface area contributed by atoms with Crippen molar-refractivity contribution in [2.75, 3.05) is 32.1 Å². The summed E-state index contributed by atoms with van der Waals surface area (Å²) in [4.78, 5) is 35.2. The molecule has 0 fully saturated rings. The van der Waals surface area contributed by atoms with Crippen LogP contribution in [0.5, 0.6) is 0 Å². The fraction of sp³-hybridized carbons (Fsp3) is 0.333. The number of anilines is 1. The highest BCUT2D eigenvalue weighted by Gasteiger charge is 2.22. The maximum Gasteiger partial charge on any atom is 0.339 e. The van der Waals surface area contributed by atoms with Crippen molar-refractivity contribution in [2.24, 2.45) is 0 Å². The number of methoxy groups -OCH3 is 1. The Morgan fingerprint density at radius 2 is 1.87 bits per heavy atom. The predicted octanol–water partition coefficient (Wildman–Crippen LogP) is 2.70. The van der Waals surface area contributed by atoms with Gasteiger partial charge in [-0.3, -0.25) is 14.9 Å². The van der Waals surface area contributed by atoms with Crippen molar-refractivity contribution in [3.63, 3.8) is 0 Å². The minimum Gasteiger partial charge on any atom is -0.449 e. The molecule has 1 amide bonds. The molecule has 0 aliphatic rings. The smallest absolute Gasteiger partial charge is 0.339 e. The number of halogens is 1. The summed E-state index contributed by atoms with van der Waals surface area (Å²) >= 11 is 0. The van der Waals surface area contributed by atoms with Gasteiger partial charge in [-0.2, -0.15) is 0 Å². The van der Waals surface area contributed by atoms with E-state index in [9.17, 15) is 24.1 Å². The van der Waals surface area contributed by atoms with Gasteiger partial charge >= 0.3 is 5.97 Å². The van der Waals surface area contributed by atoms with Crippen LogP contribution in [0.2, 0.25) is 0 Å². The van der Waals surface area contributed by atoms with Crippen molar-refractivity contribution in [1.82, 2.24) is 5.32 Å². The zero-order valence-electron chi connectivity index (χ0n) is 17.2. The predicted molar refractivity (Wildman–Crippen MR) is 111 cm³/mol. The molecule has 0 saturated carbocycles. The number of rotatable bonds is 11. The molecule has 0 aliphatic carbocycles. The number of carbonyl (C=O) groups is 2. The van der Waals surface area contributed by atoms with Crippen LogP contribution in [0.15, 0.2) is 42.5 Å². The van der Waals surface area contributed by atoms with Crippen LogP contribution in [0.1, 0.15) is 22.8 Å². The van der Waals surface area contributed by atoms with Gasteiger partial charge in [0.05, 0.1) is 17.1 Å². The molecule has 2 rings (SSSR count). The number of benzene rings is 2. The third kappa shape index (κ3) is 7.34. The summed E-state index contributed by atoms with van der Waals surface area (Å²) in [6.07, 6.45) is -0.615. The molecule has 0 spiro atoms. The number of nitrogens with zero attached hydrogens (tertiary/aromatic N) is 1. The molecule has 1 atom stereocenters. The number of esters is 1. The molecule has 1 unspecified atom stereocenters. The van der Waals surface area contributed by atoms with E-state index in [2.05, 4.69) is 10.6 Å². The van der Waals surface area contributed by atoms with E-state index in [1.165, 1.54) is 38.3 Å². The molecule has 0 bridgehead atoms. The van der Waals surface area contributed by atoms with Gasteiger partial charge in [0.15, 0.2) is 6.10 Å². The summed E-state index contributed by atoms with van der Waals surface area (Å²) in [5.74, 6) is -1.71. The van der Waals surface area contributed by atoms with Gasteiger partial charge in [0.1, 0.15) is 11.5 Å². The van der Waals surface area contributed by atoms with Gasteiger partial charge in [-0.05, 0) is 43.2 Å². The number of carbonyl (C=O) groups excluding carboxylic acids is 2. The van der Waals surface area contributed by atoms with Crippen LogP contribution in [-0.2, 0) is 20.7 Å². The SMILES string of the molecule is COCCNc1ccc(C(=O)OC(C)C(=O)NCCc2ccc(F)cc2)cc1[N+](=O)[O-]. The van der Waals surface area contributed by atoms with E-state index in [1.807, 2.05) is 0 Å². The first-order valence-corrected chi connectivity index (χ1v) is 9.56. The lowest BCUT2D eigenvalue weighted by molar-refractivity contribution is -0.384. The first-order valence-electron chi connectivity index (χ1n) is 9.56. The molecule has 0 aromatic heterocycles. The van der Waals surface area contributed by atoms with Crippen LogP contribution < -0.4 is 10.6 Å². The second-order valence-corrected chi connectivity index (χ2v) is 6.62. The number of hydrogen-bond acceptors (Lipinski definition) is 7. The van der Waals surface area contributed by atoms with Crippen LogP contribution in [0.4, 0.5) is 15.8 Å². The molecular formula is C21H24FN3O6. The summed E-state index contributed by atoms with van der Waals surface area (Å²) in [5, 5.41) is 16.8. The summed E-state index contributed by atoms with van der Waals surface area (Å²) in [6, 6.07) is 9.77. The van der Waals surface area contributed by atoms with Gasteiger partial charge in [0.25, 0.3) is 11.6 Å². The lowest BCUT2D eigenvalue weighted by Crippen LogP contribution is -2.36. The van der Waals surface area contributed by atoms with Crippen molar-refractivity contribution >= 4 is 23.3 Å². The molecule has 0 radical (unpaired) electrons. The fourth-order valence-corrected chi connectivity index (χ4v) is 2.65. The molecule has 2 aromatic rings. The van der Waals surface area contributed by atoms with Crippen LogP contribution >= 0.6 is 0 Å². The zero-order valence-corrected chi connectivity index (χ0v) is 17.2. The van der Waals surface area contributed by atoms with Crippen LogP contribution in [0, 0.1) is 15.9 Å². The fourth-order valence-electron chi connectivity index (χ4n) is 2.65. The molecule has 9 nitrogen and oxygen atoms in total. The largest absolute Gasteiger partial charge is 0.449 e. The Balaban J connectivity index is 1.91. The first-order chi connectivity index (χ1) is 14.8. The Hall–Kier alpha value is -3.53. The number of hydrogen-bond donors (Lipinski definition) is 2. The summed E-state index contributed by atoms with van der Waals surface area (Å²) in [6.45, 7) is 2.39. The second-order valence-electron chi connectivity index (χ2n) is 6.62. The molecular weight excluding hydrogens is 409 g/mol. The third-order valence-corrected chi connectivity index (χ3v) is 4.33. The van der Waals surface area contributed by atoms with E-state index in [-0.39, 0.29) is 29.3 Å². The van der Waals surface area contributed by atoms with Gasteiger partial charge in [0.2, 0.25) is 0 Å². The monoisotopic (exact) mass is 433 g/mol. The maximum absolute atomic E-state index is 12.9. The van der Waals surface area contributed by atoms with Gasteiger partial charge in [-0.25, -0.2) is 9.18 Å². The molecule has 2 N–H and O–H groups in total. The summed E-state index contributed by atoms with van der Waals surface area (Å²) in [5.41, 5.74) is 0.750. The van der Waals surface area contributed by atoms with E-state index in [0.717, 1.165) is 11.6 Å². The zero-order chi connectivity index (χ0) is 22.8. The van der Waals surface area contributed by atoms with Crippen LogP contribution in [0.3, 0.4) is 0 Å². The van der Waals surface area contributed by atoms with Gasteiger partial charge in [0, 0.05) is 26.3 Å². The molecule has 0 aliphatic heterocycles. The Kier molecular flexibility index (Phi) is 8.89. The van der Waals surface area contributed by atoms with Crippen LogP contribution in [-0.4, -0.2) is 49.7 Å². The van der Waals surface area contributed by atoms with E-state index >= 15 is 0 Å². The number of amides is 1. The lowest BCUT2D eigenvalue weighted by Gasteiger charge is -2.14. The minimum absolute atomic E-state index is 0.0463. The average Bonchev–Trinajstić information content (AvgIpc) is 2.75. The van der Waals surface area contributed by atoms with Gasteiger partial charge in [-0.15, -0.1) is 0 Å². The molecule has 10 heteroatoms. The summed E-state index contributed by atoms with van der Waals surface area (Å²) in [7, 11) is 1.51. The van der Waals surface area contributed by atoms with Crippen molar-refractivity contribution in [3.05, 3.63) is 69.5 Å². The quantitative estimate of drug-likeness (QED) is 0.242. The van der Waals surface area contributed by atoms with Crippen molar-refractivity contribution in [3.8, 4) is 0 Å². The molecule has 0 saturated heterocycles. The average molecular weight is 433 g/mol. The third-order valence-electron chi connectivity index (χ3n) is 4.33. The van der Waals surface area contributed by atoms with Gasteiger partial charge in [-0.1, -0.05) is 12.1 Å². The molecule has 2 aromatic carbocycles. The maximum atomic E-state index is 12.9. The first kappa shape index (κ1) is 23.7. The van der Waals surface area contributed by atoms with E-state index in [0.29, 0.717) is 19.6 Å². The van der Waals surface area contributed by atoms with Crippen molar-refractivity contribution < 1.29 is 28.4 Å². The van der Waals surface area contributed by atoms with E-state index < -0.39 is 22.9 Å². The highest BCUT2D eigenvalue weighted by molar-refractivity contribution is 5.93. The molecule has 0 heterocycles. The Bertz CT molecular complexity index is 920. The minimum atomic E-state index is -1.10. The van der Waals surface area contributed by atoms with Crippen molar-refractivity contribution in [1.29, 1.82) is 0 Å². The highest BCUT2D eigenvalue weighted by Crippen LogP contribution is 2.26. The number of nitro benzene ring substituents is 1. The topological polar surface area (TPSA) is 120 Å². The Morgan fingerprint density at radius 3 is 2.52 bits per heavy atom. The Morgan fingerprint density at radius 1 is 1.16 bits per heavy atom. The second kappa shape index (κ2) is 11.6. The van der Waals surface area contributed by atoms with Crippen molar-refractivity contribution in [2.45, 2.75) is 19.4 Å².